The minimum absolute atomic E-state index is 0.0105. The van der Waals surface area contributed by atoms with Gasteiger partial charge in [-0.15, -0.1) is 0 Å². The third kappa shape index (κ3) is 4.13. The van der Waals surface area contributed by atoms with Crippen molar-refractivity contribution in [2.45, 2.75) is 17.7 Å². The molecule has 2 fully saturated rings. The minimum Gasteiger partial charge on any atom is -0.459 e. The average Bonchev–Trinajstić information content (AvgIpc) is 3.34. The van der Waals surface area contributed by atoms with E-state index >= 15 is 0 Å². The summed E-state index contributed by atoms with van der Waals surface area (Å²) in [7, 11) is -3.55. The zero-order chi connectivity index (χ0) is 21.1. The van der Waals surface area contributed by atoms with E-state index in [2.05, 4.69) is 0 Å². The van der Waals surface area contributed by atoms with Crippen molar-refractivity contribution in [3.63, 3.8) is 0 Å². The van der Waals surface area contributed by atoms with Crippen molar-refractivity contribution < 1.29 is 22.4 Å². The molecular formula is C21H25N3O5S. The summed E-state index contributed by atoms with van der Waals surface area (Å²) in [5, 5.41) is 0. The smallest absolute Gasteiger partial charge is 0.289 e. The van der Waals surface area contributed by atoms with Gasteiger partial charge in [0.1, 0.15) is 0 Å². The molecule has 8 nitrogen and oxygen atoms in total. The van der Waals surface area contributed by atoms with Gasteiger partial charge in [0.05, 0.1) is 17.1 Å². The van der Waals surface area contributed by atoms with Crippen molar-refractivity contribution in [3.8, 4) is 0 Å². The van der Waals surface area contributed by atoms with Crippen LogP contribution in [0.2, 0.25) is 0 Å². The van der Waals surface area contributed by atoms with Crippen LogP contribution >= 0.6 is 0 Å². The fourth-order valence-electron chi connectivity index (χ4n) is 4.07. The Labute approximate surface area is 176 Å². The zero-order valence-corrected chi connectivity index (χ0v) is 17.5. The zero-order valence-electron chi connectivity index (χ0n) is 16.6. The molecule has 0 radical (unpaired) electrons. The van der Waals surface area contributed by atoms with E-state index in [1.54, 1.807) is 52.3 Å². The van der Waals surface area contributed by atoms with Crippen LogP contribution < -0.4 is 0 Å². The van der Waals surface area contributed by atoms with Gasteiger partial charge in [0.15, 0.2) is 5.76 Å². The minimum atomic E-state index is -3.55. The SMILES string of the molecule is O=C(c1ccco1)N1CCCC(C(=O)N2CCN(S(=O)(=O)c3ccccc3)CC2)C1. The first-order valence-electron chi connectivity index (χ1n) is 10.1. The van der Waals surface area contributed by atoms with Crippen molar-refractivity contribution >= 4 is 21.8 Å². The molecule has 1 atom stereocenters. The fourth-order valence-corrected chi connectivity index (χ4v) is 5.51. The number of hydrogen-bond acceptors (Lipinski definition) is 5. The highest BCUT2D eigenvalue weighted by Crippen LogP contribution is 2.23. The van der Waals surface area contributed by atoms with Crippen LogP contribution in [0.15, 0.2) is 58.0 Å². The average molecular weight is 432 g/mol. The summed E-state index contributed by atoms with van der Waals surface area (Å²) in [6.07, 6.45) is 2.94. The number of amides is 2. The van der Waals surface area contributed by atoms with E-state index in [9.17, 15) is 18.0 Å². The molecule has 2 aromatic rings. The van der Waals surface area contributed by atoms with Crippen molar-refractivity contribution in [2.75, 3.05) is 39.3 Å². The lowest BCUT2D eigenvalue weighted by Crippen LogP contribution is -2.54. The Kier molecular flexibility index (Phi) is 5.92. The predicted molar refractivity (Wildman–Crippen MR) is 109 cm³/mol. The summed E-state index contributed by atoms with van der Waals surface area (Å²) in [6, 6.07) is 11.6. The number of nitrogens with zero attached hydrogens (tertiary/aromatic N) is 3. The second kappa shape index (κ2) is 8.61. The number of carbonyl (C=O) groups excluding carboxylic acids is 2. The lowest BCUT2D eigenvalue weighted by Gasteiger charge is -2.38. The maximum Gasteiger partial charge on any atom is 0.289 e. The summed E-state index contributed by atoms with van der Waals surface area (Å²) >= 11 is 0. The highest BCUT2D eigenvalue weighted by Gasteiger charge is 2.35. The van der Waals surface area contributed by atoms with Crippen LogP contribution in [-0.4, -0.2) is 73.6 Å². The number of hydrogen-bond donors (Lipinski definition) is 0. The van der Waals surface area contributed by atoms with Crippen molar-refractivity contribution in [3.05, 3.63) is 54.5 Å². The molecule has 1 unspecified atom stereocenters. The van der Waals surface area contributed by atoms with Crippen LogP contribution in [0.25, 0.3) is 0 Å². The van der Waals surface area contributed by atoms with Gasteiger partial charge in [-0.3, -0.25) is 9.59 Å². The molecule has 0 bridgehead atoms. The summed E-state index contributed by atoms with van der Waals surface area (Å²) in [5.41, 5.74) is 0. The second-order valence-electron chi connectivity index (χ2n) is 7.61. The van der Waals surface area contributed by atoms with Crippen molar-refractivity contribution in [1.82, 2.24) is 14.1 Å². The molecule has 0 saturated carbocycles. The van der Waals surface area contributed by atoms with Gasteiger partial charge in [-0.05, 0) is 37.1 Å². The van der Waals surface area contributed by atoms with E-state index in [4.69, 9.17) is 4.42 Å². The number of likely N-dealkylation sites (tertiary alicyclic amines) is 1. The van der Waals surface area contributed by atoms with Crippen LogP contribution in [0.1, 0.15) is 23.4 Å². The Morgan fingerprint density at radius 3 is 2.30 bits per heavy atom. The maximum atomic E-state index is 13.0. The van der Waals surface area contributed by atoms with Gasteiger partial charge < -0.3 is 14.2 Å². The van der Waals surface area contributed by atoms with Gasteiger partial charge in [0.25, 0.3) is 5.91 Å². The molecule has 2 saturated heterocycles. The first kappa shape index (κ1) is 20.6. The van der Waals surface area contributed by atoms with Crippen molar-refractivity contribution in [1.29, 1.82) is 0 Å². The number of furan rings is 1. The Bertz CT molecular complexity index is 983. The highest BCUT2D eigenvalue weighted by molar-refractivity contribution is 7.89. The molecule has 0 N–H and O–H groups in total. The summed E-state index contributed by atoms with van der Waals surface area (Å²) in [5.74, 6) is -0.197. The number of carbonyl (C=O) groups is 2. The van der Waals surface area contributed by atoms with Crippen molar-refractivity contribution in [2.24, 2.45) is 5.92 Å². The van der Waals surface area contributed by atoms with Gasteiger partial charge in [-0.1, -0.05) is 18.2 Å². The van der Waals surface area contributed by atoms with Gasteiger partial charge in [0.2, 0.25) is 15.9 Å². The number of piperazine rings is 1. The number of benzene rings is 1. The molecule has 3 heterocycles. The molecule has 0 spiro atoms. The molecule has 9 heteroatoms. The molecule has 1 aromatic carbocycles. The molecule has 2 amide bonds. The van der Waals surface area contributed by atoms with E-state index in [1.165, 1.54) is 10.6 Å². The standard InChI is InChI=1S/C21H25N3O5S/c25-20(17-6-4-10-23(16-17)21(26)19-9-5-15-29-19)22-11-13-24(14-12-22)30(27,28)18-7-2-1-3-8-18/h1-3,5,7-9,15,17H,4,6,10-14,16H2. The van der Waals surface area contributed by atoms with E-state index < -0.39 is 10.0 Å². The van der Waals surface area contributed by atoms with Crippen LogP contribution in [0.5, 0.6) is 0 Å². The molecule has 2 aliphatic rings. The quantitative estimate of drug-likeness (QED) is 0.734. The highest BCUT2D eigenvalue weighted by atomic mass is 32.2. The summed E-state index contributed by atoms with van der Waals surface area (Å²) in [4.78, 5) is 29.2. The molecule has 1 aromatic heterocycles. The number of piperidine rings is 1. The predicted octanol–water partition coefficient (Wildman–Crippen LogP) is 1.66. The molecule has 2 aliphatic heterocycles. The first-order valence-corrected chi connectivity index (χ1v) is 11.6. The number of rotatable bonds is 4. The van der Waals surface area contributed by atoms with Crippen LogP contribution in [0.4, 0.5) is 0 Å². The van der Waals surface area contributed by atoms with Gasteiger partial charge in [-0.25, -0.2) is 8.42 Å². The monoisotopic (exact) mass is 431 g/mol. The lowest BCUT2D eigenvalue weighted by atomic mass is 9.96. The van der Waals surface area contributed by atoms with E-state index in [-0.39, 0.29) is 41.5 Å². The third-order valence-corrected chi connectivity index (χ3v) is 7.63. The van der Waals surface area contributed by atoms with E-state index in [1.807, 2.05) is 0 Å². The topological polar surface area (TPSA) is 91.1 Å². The Morgan fingerprint density at radius 2 is 1.63 bits per heavy atom. The lowest BCUT2D eigenvalue weighted by molar-refractivity contribution is -0.138. The summed E-state index contributed by atoms with van der Waals surface area (Å²) < 4.78 is 32.2. The fraction of sp³-hybridized carbons (Fsp3) is 0.429. The Balaban J connectivity index is 1.35. The molecule has 4 rings (SSSR count). The normalized spacial score (nSPS) is 20.9. The van der Waals surface area contributed by atoms with Gasteiger partial charge in [-0.2, -0.15) is 4.31 Å². The van der Waals surface area contributed by atoms with Crippen LogP contribution in [-0.2, 0) is 14.8 Å². The van der Waals surface area contributed by atoms with Crippen LogP contribution in [0.3, 0.4) is 0 Å². The van der Waals surface area contributed by atoms with Crippen LogP contribution in [0, 0.1) is 5.92 Å². The van der Waals surface area contributed by atoms with E-state index in [0.29, 0.717) is 26.2 Å². The summed E-state index contributed by atoms with van der Waals surface area (Å²) in [6.45, 7) is 2.21. The number of sulfonamides is 1. The molecule has 0 aliphatic carbocycles. The van der Waals surface area contributed by atoms with Gasteiger partial charge >= 0.3 is 0 Å². The Morgan fingerprint density at radius 1 is 0.900 bits per heavy atom. The molecule has 160 valence electrons. The first-order chi connectivity index (χ1) is 14.5. The second-order valence-corrected chi connectivity index (χ2v) is 9.55. The maximum absolute atomic E-state index is 13.0. The van der Waals surface area contributed by atoms with Gasteiger partial charge in [0, 0.05) is 39.3 Å². The largest absolute Gasteiger partial charge is 0.459 e. The Hall–Kier alpha value is -2.65. The third-order valence-electron chi connectivity index (χ3n) is 5.72. The van der Waals surface area contributed by atoms with E-state index in [0.717, 1.165) is 12.8 Å². The molecule has 30 heavy (non-hydrogen) atoms. The molecular weight excluding hydrogens is 406 g/mol.